The molecule has 0 atom stereocenters. The maximum absolute atomic E-state index is 12.6. The van der Waals surface area contributed by atoms with Crippen molar-refractivity contribution in [1.82, 2.24) is 0 Å². The Morgan fingerprint density at radius 2 is 1.94 bits per heavy atom. The van der Waals surface area contributed by atoms with Crippen molar-refractivity contribution in [2.45, 2.75) is 13.1 Å². The van der Waals surface area contributed by atoms with Gasteiger partial charge in [-0.3, -0.25) is 4.99 Å². The van der Waals surface area contributed by atoms with Gasteiger partial charge in [0.1, 0.15) is 0 Å². The molecule has 0 fully saturated rings. The third kappa shape index (κ3) is 2.13. The zero-order chi connectivity index (χ0) is 11.8. The molecule has 0 radical (unpaired) electrons. The van der Waals surface area contributed by atoms with E-state index in [9.17, 15) is 13.2 Å². The number of aryl methyl sites for hydroxylation is 1. The number of alkyl halides is 3. The van der Waals surface area contributed by atoms with Gasteiger partial charge in [0.25, 0.3) is 0 Å². The highest BCUT2D eigenvalue weighted by Gasteiger charge is 2.31. The second kappa shape index (κ2) is 3.73. The highest BCUT2D eigenvalue weighted by molar-refractivity contribution is 6.06. The molecular weight excluding hydrogens is 217 g/mol. The van der Waals surface area contributed by atoms with Crippen LogP contribution in [0.2, 0.25) is 0 Å². The van der Waals surface area contributed by atoms with E-state index >= 15 is 0 Å². The number of aliphatic imine (C=N–C) groups is 2. The largest absolute Gasteiger partial charge is 0.416 e. The van der Waals surface area contributed by atoms with Crippen molar-refractivity contribution in [2.24, 2.45) is 9.98 Å². The van der Waals surface area contributed by atoms with Crippen molar-refractivity contribution in [1.29, 1.82) is 0 Å². The molecule has 0 saturated heterocycles. The molecule has 0 saturated carbocycles. The molecule has 1 aliphatic heterocycles. The van der Waals surface area contributed by atoms with E-state index in [1.165, 1.54) is 0 Å². The highest BCUT2D eigenvalue weighted by Crippen LogP contribution is 2.30. The van der Waals surface area contributed by atoms with Crippen LogP contribution >= 0.6 is 0 Å². The molecule has 0 N–H and O–H groups in total. The number of nitrogens with zero attached hydrogens (tertiary/aromatic N) is 2. The monoisotopic (exact) mass is 226 g/mol. The Bertz CT molecular complexity index is 473. The van der Waals surface area contributed by atoms with Gasteiger partial charge in [-0.05, 0) is 30.7 Å². The van der Waals surface area contributed by atoms with E-state index in [1.807, 2.05) is 0 Å². The molecule has 5 heteroatoms. The minimum absolute atomic E-state index is 0.370. The average Bonchev–Trinajstić information content (AvgIpc) is 2.68. The van der Waals surface area contributed by atoms with Crippen LogP contribution in [0.4, 0.5) is 13.2 Å². The Hall–Kier alpha value is -1.65. The van der Waals surface area contributed by atoms with Gasteiger partial charge >= 0.3 is 6.18 Å². The van der Waals surface area contributed by atoms with E-state index in [2.05, 4.69) is 9.98 Å². The van der Waals surface area contributed by atoms with Crippen LogP contribution in [0.25, 0.3) is 0 Å². The van der Waals surface area contributed by atoms with Gasteiger partial charge in [-0.25, -0.2) is 4.99 Å². The number of benzene rings is 1. The lowest BCUT2D eigenvalue weighted by molar-refractivity contribution is -0.137. The Kier molecular flexibility index (Phi) is 2.53. The fourth-order valence-electron chi connectivity index (χ4n) is 1.54. The first-order valence-electron chi connectivity index (χ1n) is 4.73. The Balaban J connectivity index is 2.48. The van der Waals surface area contributed by atoms with Crippen LogP contribution in [-0.2, 0) is 6.18 Å². The van der Waals surface area contributed by atoms with Gasteiger partial charge in [-0.1, -0.05) is 0 Å². The molecule has 2 nitrogen and oxygen atoms in total. The van der Waals surface area contributed by atoms with Crippen LogP contribution in [0.3, 0.4) is 0 Å². The minimum Gasteiger partial charge on any atom is -0.260 e. The highest BCUT2D eigenvalue weighted by atomic mass is 19.4. The molecule has 0 spiro atoms. The molecule has 0 bridgehead atoms. The Labute approximate surface area is 90.5 Å². The van der Waals surface area contributed by atoms with Crippen LogP contribution in [-0.4, -0.2) is 18.6 Å². The first-order valence-corrected chi connectivity index (χ1v) is 4.73. The maximum atomic E-state index is 12.6. The number of halogens is 3. The second-order valence-corrected chi connectivity index (χ2v) is 3.56. The SMILES string of the molecule is Cc1cc(C2=NCC=N2)cc(C(F)(F)F)c1. The summed E-state index contributed by atoms with van der Waals surface area (Å²) in [5.41, 5.74) is 0.308. The molecule has 0 amide bonds. The molecule has 1 aliphatic rings. The topological polar surface area (TPSA) is 24.7 Å². The molecule has 0 aliphatic carbocycles. The van der Waals surface area contributed by atoms with Crippen LogP contribution < -0.4 is 0 Å². The fourth-order valence-corrected chi connectivity index (χ4v) is 1.54. The maximum Gasteiger partial charge on any atom is 0.416 e. The van der Waals surface area contributed by atoms with E-state index in [-0.39, 0.29) is 0 Å². The van der Waals surface area contributed by atoms with Gasteiger partial charge in [0.15, 0.2) is 5.84 Å². The van der Waals surface area contributed by atoms with E-state index in [0.717, 1.165) is 12.1 Å². The first-order chi connectivity index (χ1) is 7.47. The molecule has 1 aromatic rings. The molecule has 84 valence electrons. The molecule has 0 aromatic heterocycles. The number of amidine groups is 1. The van der Waals surface area contributed by atoms with Crippen molar-refractivity contribution in [2.75, 3.05) is 6.54 Å². The Morgan fingerprint density at radius 3 is 2.50 bits per heavy atom. The van der Waals surface area contributed by atoms with Gasteiger partial charge in [-0.2, -0.15) is 13.2 Å². The van der Waals surface area contributed by atoms with E-state index < -0.39 is 11.7 Å². The van der Waals surface area contributed by atoms with Crippen molar-refractivity contribution < 1.29 is 13.2 Å². The van der Waals surface area contributed by atoms with Crippen LogP contribution in [0.15, 0.2) is 28.2 Å². The zero-order valence-corrected chi connectivity index (χ0v) is 8.54. The van der Waals surface area contributed by atoms with Crippen LogP contribution in [0.5, 0.6) is 0 Å². The van der Waals surface area contributed by atoms with Crippen molar-refractivity contribution in [3.05, 3.63) is 34.9 Å². The standard InChI is InChI=1S/C11H9F3N2/c1-7-4-8(10-15-2-3-16-10)6-9(5-7)11(12,13)14/h2,4-6H,3H2,1H3. The lowest BCUT2D eigenvalue weighted by atomic mass is 10.1. The number of rotatable bonds is 1. The summed E-state index contributed by atoms with van der Waals surface area (Å²) in [5, 5.41) is 0. The molecule has 16 heavy (non-hydrogen) atoms. The summed E-state index contributed by atoms with van der Waals surface area (Å²) in [7, 11) is 0. The normalized spacial score (nSPS) is 15.4. The number of hydrogen-bond donors (Lipinski definition) is 0. The molecule has 2 rings (SSSR count). The minimum atomic E-state index is -4.33. The quantitative estimate of drug-likeness (QED) is 0.703. The third-order valence-electron chi connectivity index (χ3n) is 2.20. The predicted molar refractivity (Wildman–Crippen MR) is 56.1 cm³/mol. The summed E-state index contributed by atoms with van der Waals surface area (Å²) in [4.78, 5) is 7.93. The third-order valence-corrected chi connectivity index (χ3v) is 2.20. The van der Waals surface area contributed by atoms with Crippen LogP contribution in [0, 0.1) is 6.92 Å². The fraction of sp³-hybridized carbons (Fsp3) is 0.273. The summed E-state index contributed by atoms with van der Waals surface area (Å²) < 4.78 is 37.7. The molecule has 1 heterocycles. The van der Waals surface area contributed by atoms with E-state index in [4.69, 9.17) is 0 Å². The average molecular weight is 226 g/mol. The van der Waals surface area contributed by atoms with Gasteiger partial charge < -0.3 is 0 Å². The number of hydrogen-bond acceptors (Lipinski definition) is 2. The van der Waals surface area contributed by atoms with Gasteiger partial charge in [0.05, 0.1) is 12.1 Å². The summed E-state index contributed by atoms with van der Waals surface area (Å²) in [5.74, 6) is 0.370. The summed E-state index contributed by atoms with van der Waals surface area (Å²) >= 11 is 0. The van der Waals surface area contributed by atoms with E-state index in [1.54, 1.807) is 19.2 Å². The van der Waals surface area contributed by atoms with Crippen molar-refractivity contribution in [3.8, 4) is 0 Å². The lowest BCUT2D eigenvalue weighted by Gasteiger charge is -2.09. The van der Waals surface area contributed by atoms with Crippen molar-refractivity contribution in [3.63, 3.8) is 0 Å². The zero-order valence-electron chi connectivity index (χ0n) is 8.54. The second-order valence-electron chi connectivity index (χ2n) is 3.56. The first kappa shape index (κ1) is 10.9. The molecule has 0 unspecified atom stereocenters. The summed E-state index contributed by atoms with van der Waals surface area (Å²) in [6.07, 6.45) is -2.76. The Morgan fingerprint density at radius 1 is 1.19 bits per heavy atom. The van der Waals surface area contributed by atoms with E-state index in [0.29, 0.717) is 23.5 Å². The molecular formula is C11H9F3N2. The lowest BCUT2D eigenvalue weighted by Crippen LogP contribution is -2.07. The summed E-state index contributed by atoms with van der Waals surface area (Å²) in [6, 6.07) is 3.84. The molecule has 1 aromatic carbocycles. The predicted octanol–water partition coefficient (Wildman–Crippen LogP) is 2.84. The van der Waals surface area contributed by atoms with Crippen molar-refractivity contribution >= 4 is 12.1 Å². The van der Waals surface area contributed by atoms with Gasteiger partial charge in [-0.15, -0.1) is 0 Å². The van der Waals surface area contributed by atoms with Gasteiger partial charge in [0, 0.05) is 11.8 Å². The van der Waals surface area contributed by atoms with Crippen LogP contribution in [0.1, 0.15) is 16.7 Å². The van der Waals surface area contributed by atoms with Gasteiger partial charge in [0.2, 0.25) is 0 Å². The smallest absolute Gasteiger partial charge is 0.260 e. The summed E-state index contributed by atoms with van der Waals surface area (Å²) in [6.45, 7) is 2.06.